The molecule has 0 heterocycles. The van der Waals surface area contributed by atoms with Gasteiger partial charge in [0.2, 0.25) is 15.9 Å². The molecule has 1 aromatic rings. The third-order valence-corrected chi connectivity index (χ3v) is 4.63. The van der Waals surface area contributed by atoms with Crippen LogP contribution in [0.25, 0.3) is 0 Å². The highest BCUT2D eigenvalue weighted by Gasteiger charge is 2.27. The number of nitrogens with two attached hydrogens (primary N) is 1. The molecule has 7 heteroatoms. The van der Waals surface area contributed by atoms with Crippen LogP contribution in [-0.2, 0) is 14.8 Å². The van der Waals surface area contributed by atoms with Crippen LogP contribution in [0.15, 0.2) is 29.2 Å². The molecule has 0 bridgehead atoms. The molecule has 0 saturated heterocycles. The Morgan fingerprint density at radius 1 is 1.37 bits per heavy atom. The molecule has 0 spiro atoms. The highest BCUT2D eigenvalue weighted by molar-refractivity contribution is 7.89. The van der Waals surface area contributed by atoms with E-state index in [1.165, 1.54) is 24.3 Å². The van der Waals surface area contributed by atoms with Gasteiger partial charge in [0.15, 0.2) is 0 Å². The zero-order valence-electron chi connectivity index (χ0n) is 10.8. The van der Waals surface area contributed by atoms with Gasteiger partial charge in [0.1, 0.15) is 6.04 Å². The van der Waals surface area contributed by atoms with Crippen molar-refractivity contribution in [2.75, 3.05) is 0 Å². The number of hydrogen-bond acceptors (Lipinski definition) is 3. The first-order valence-electron chi connectivity index (χ1n) is 5.85. The summed E-state index contributed by atoms with van der Waals surface area (Å²) in [6, 6.07) is 4.77. The van der Waals surface area contributed by atoms with Crippen molar-refractivity contribution in [2.45, 2.75) is 31.2 Å². The van der Waals surface area contributed by atoms with Crippen molar-refractivity contribution < 1.29 is 13.2 Å². The van der Waals surface area contributed by atoms with E-state index in [4.69, 9.17) is 17.3 Å². The summed E-state index contributed by atoms with van der Waals surface area (Å²) in [4.78, 5) is 11.4. The van der Waals surface area contributed by atoms with Crippen molar-refractivity contribution in [2.24, 2.45) is 11.7 Å². The highest BCUT2D eigenvalue weighted by Crippen LogP contribution is 2.16. The molecule has 106 valence electrons. The zero-order chi connectivity index (χ0) is 14.6. The zero-order valence-corrected chi connectivity index (χ0v) is 12.3. The maximum absolute atomic E-state index is 12.1. The Kier molecular flexibility index (Phi) is 5.34. The molecular formula is C12H17ClN2O3S. The van der Waals surface area contributed by atoms with E-state index in [1.807, 2.05) is 6.92 Å². The Bertz CT molecular complexity index is 543. The molecule has 0 aliphatic rings. The Hall–Kier alpha value is -1.11. The van der Waals surface area contributed by atoms with E-state index in [0.29, 0.717) is 11.4 Å². The SMILES string of the molecule is CCC(C)C(NS(=O)(=O)c1ccc(Cl)cc1)C(N)=O. The van der Waals surface area contributed by atoms with Crippen LogP contribution in [0.4, 0.5) is 0 Å². The van der Waals surface area contributed by atoms with Gasteiger partial charge in [-0.05, 0) is 30.2 Å². The summed E-state index contributed by atoms with van der Waals surface area (Å²) >= 11 is 5.70. The molecule has 0 fully saturated rings. The topological polar surface area (TPSA) is 89.3 Å². The molecule has 0 aromatic heterocycles. The summed E-state index contributed by atoms with van der Waals surface area (Å²) in [6.07, 6.45) is 0.636. The average Bonchev–Trinajstić information content (AvgIpc) is 2.35. The molecule has 0 radical (unpaired) electrons. The Morgan fingerprint density at radius 2 is 1.89 bits per heavy atom. The van der Waals surface area contributed by atoms with Gasteiger partial charge in [-0.25, -0.2) is 8.42 Å². The summed E-state index contributed by atoms with van der Waals surface area (Å²) in [7, 11) is -3.79. The van der Waals surface area contributed by atoms with Gasteiger partial charge in [-0.3, -0.25) is 4.79 Å². The van der Waals surface area contributed by atoms with E-state index < -0.39 is 22.0 Å². The number of benzene rings is 1. The first-order chi connectivity index (χ1) is 8.77. The van der Waals surface area contributed by atoms with Gasteiger partial charge in [0.25, 0.3) is 0 Å². The second-order valence-corrected chi connectivity index (χ2v) is 6.49. The van der Waals surface area contributed by atoms with Crippen LogP contribution in [0, 0.1) is 5.92 Å². The number of hydrogen-bond donors (Lipinski definition) is 2. The maximum Gasteiger partial charge on any atom is 0.241 e. The molecule has 3 N–H and O–H groups in total. The number of primary amides is 1. The molecule has 2 unspecified atom stereocenters. The van der Waals surface area contributed by atoms with Crippen molar-refractivity contribution in [1.82, 2.24) is 4.72 Å². The minimum absolute atomic E-state index is 0.0476. The van der Waals surface area contributed by atoms with Gasteiger partial charge in [0, 0.05) is 5.02 Å². The Labute approximate surface area is 118 Å². The average molecular weight is 305 g/mol. The first kappa shape index (κ1) is 15.9. The van der Waals surface area contributed by atoms with E-state index in [1.54, 1.807) is 6.92 Å². The molecule has 0 aliphatic carbocycles. The van der Waals surface area contributed by atoms with Gasteiger partial charge in [-0.1, -0.05) is 31.9 Å². The van der Waals surface area contributed by atoms with Gasteiger partial charge in [0.05, 0.1) is 4.90 Å². The maximum atomic E-state index is 12.1. The van der Waals surface area contributed by atoms with Crippen molar-refractivity contribution in [3.8, 4) is 0 Å². The number of nitrogens with one attached hydrogen (secondary N) is 1. The fourth-order valence-corrected chi connectivity index (χ4v) is 2.98. The van der Waals surface area contributed by atoms with E-state index in [9.17, 15) is 13.2 Å². The lowest BCUT2D eigenvalue weighted by Gasteiger charge is -2.21. The van der Waals surface area contributed by atoms with E-state index in [-0.39, 0.29) is 10.8 Å². The van der Waals surface area contributed by atoms with Gasteiger partial charge in [-0.2, -0.15) is 4.72 Å². The Morgan fingerprint density at radius 3 is 2.32 bits per heavy atom. The largest absolute Gasteiger partial charge is 0.368 e. The highest BCUT2D eigenvalue weighted by atomic mass is 35.5. The van der Waals surface area contributed by atoms with Crippen LogP contribution >= 0.6 is 11.6 Å². The van der Waals surface area contributed by atoms with E-state index >= 15 is 0 Å². The van der Waals surface area contributed by atoms with Crippen LogP contribution < -0.4 is 10.5 Å². The fourth-order valence-electron chi connectivity index (χ4n) is 1.54. The van der Waals surface area contributed by atoms with Gasteiger partial charge in [-0.15, -0.1) is 0 Å². The lowest BCUT2D eigenvalue weighted by molar-refractivity contribution is -0.120. The monoisotopic (exact) mass is 304 g/mol. The molecule has 5 nitrogen and oxygen atoms in total. The third kappa shape index (κ3) is 4.19. The molecule has 2 atom stereocenters. The summed E-state index contributed by atoms with van der Waals surface area (Å²) < 4.78 is 26.6. The molecule has 19 heavy (non-hydrogen) atoms. The molecular weight excluding hydrogens is 288 g/mol. The molecule has 0 saturated carbocycles. The summed E-state index contributed by atoms with van der Waals surface area (Å²) in [6.45, 7) is 3.62. The van der Waals surface area contributed by atoms with Crippen molar-refractivity contribution in [3.05, 3.63) is 29.3 Å². The lowest BCUT2D eigenvalue weighted by atomic mass is 10.00. The van der Waals surface area contributed by atoms with E-state index in [0.717, 1.165) is 0 Å². The second-order valence-electron chi connectivity index (χ2n) is 4.34. The van der Waals surface area contributed by atoms with E-state index in [2.05, 4.69) is 4.72 Å². The lowest BCUT2D eigenvalue weighted by Crippen LogP contribution is -2.48. The van der Waals surface area contributed by atoms with Gasteiger partial charge < -0.3 is 5.73 Å². The number of carbonyl (C=O) groups is 1. The number of amides is 1. The van der Waals surface area contributed by atoms with Crippen LogP contribution in [0.2, 0.25) is 5.02 Å². The Balaban J connectivity index is 3.00. The fraction of sp³-hybridized carbons (Fsp3) is 0.417. The number of halogens is 1. The van der Waals surface area contributed by atoms with Crippen molar-refractivity contribution in [1.29, 1.82) is 0 Å². The summed E-state index contributed by atoms with van der Waals surface area (Å²) in [5, 5.41) is 0.437. The van der Waals surface area contributed by atoms with Crippen molar-refractivity contribution in [3.63, 3.8) is 0 Å². The molecule has 1 amide bonds. The third-order valence-electron chi connectivity index (χ3n) is 2.93. The number of carbonyl (C=O) groups excluding carboxylic acids is 1. The van der Waals surface area contributed by atoms with Gasteiger partial charge >= 0.3 is 0 Å². The first-order valence-corrected chi connectivity index (χ1v) is 7.71. The predicted molar refractivity (Wildman–Crippen MR) is 74.2 cm³/mol. The minimum Gasteiger partial charge on any atom is -0.368 e. The van der Waals surface area contributed by atoms with Crippen molar-refractivity contribution >= 4 is 27.5 Å². The summed E-state index contributed by atoms with van der Waals surface area (Å²) in [5.74, 6) is -0.869. The number of rotatable bonds is 6. The normalized spacial score (nSPS) is 14.9. The van der Waals surface area contributed by atoms with Crippen LogP contribution in [0.1, 0.15) is 20.3 Å². The van der Waals surface area contributed by atoms with Crippen LogP contribution in [-0.4, -0.2) is 20.4 Å². The summed E-state index contributed by atoms with van der Waals surface area (Å²) in [5.41, 5.74) is 5.24. The molecule has 0 aliphatic heterocycles. The smallest absolute Gasteiger partial charge is 0.241 e. The molecule has 1 rings (SSSR count). The quantitative estimate of drug-likeness (QED) is 0.835. The minimum atomic E-state index is -3.79. The second kappa shape index (κ2) is 6.36. The standard InChI is InChI=1S/C12H17ClN2O3S/c1-3-8(2)11(12(14)16)15-19(17,18)10-6-4-9(13)5-7-10/h4-8,11,15H,3H2,1-2H3,(H2,14,16). The van der Waals surface area contributed by atoms with Crippen LogP contribution in [0.5, 0.6) is 0 Å². The predicted octanol–water partition coefficient (Wildman–Crippen LogP) is 1.52. The van der Waals surface area contributed by atoms with Crippen LogP contribution in [0.3, 0.4) is 0 Å². The number of sulfonamides is 1. The molecule has 1 aromatic carbocycles.